The molecular weight excluding hydrogens is 631 g/mol. The van der Waals surface area contributed by atoms with Crippen LogP contribution in [-0.2, 0) is 28.5 Å². The number of aromatic nitrogens is 3. The summed E-state index contributed by atoms with van der Waals surface area (Å²) in [4.78, 5) is 12.8. The molecule has 0 aliphatic rings. The molecule has 1 amide bonds. The van der Waals surface area contributed by atoms with E-state index >= 15 is 0 Å². The highest BCUT2D eigenvalue weighted by Gasteiger charge is 2.31. The molecule has 0 aliphatic carbocycles. The van der Waals surface area contributed by atoms with Crippen LogP contribution in [0.5, 0.6) is 0 Å². The van der Waals surface area contributed by atoms with Crippen LogP contribution in [0.25, 0.3) is 5.69 Å². The van der Waals surface area contributed by atoms with E-state index in [1.165, 1.54) is 66.8 Å². The van der Waals surface area contributed by atoms with Crippen LogP contribution in [0.2, 0.25) is 0 Å². The lowest BCUT2D eigenvalue weighted by atomic mass is 10.2. The van der Waals surface area contributed by atoms with Crippen LogP contribution in [0, 0.1) is 0 Å². The molecule has 4 aromatic rings. The van der Waals surface area contributed by atoms with Crippen molar-refractivity contribution in [3.8, 4) is 5.69 Å². The summed E-state index contributed by atoms with van der Waals surface area (Å²) < 4.78 is 68.4. The van der Waals surface area contributed by atoms with Crippen molar-refractivity contribution in [2.24, 2.45) is 0 Å². The summed E-state index contributed by atoms with van der Waals surface area (Å²) in [6.07, 6.45) is -4.55. The summed E-state index contributed by atoms with van der Waals surface area (Å²) in [5.74, 6) is 0.188. The zero-order valence-electron chi connectivity index (χ0n) is 21.2. The summed E-state index contributed by atoms with van der Waals surface area (Å²) >= 11 is 4.68. The van der Waals surface area contributed by atoms with Gasteiger partial charge in [0.1, 0.15) is 0 Å². The summed E-state index contributed by atoms with van der Waals surface area (Å²) in [7, 11) is -0.845. The fraction of sp³-hybridized carbons (Fsp3) is 0.192. The number of nitrogens with zero attached hydrogens (tertiary/aromatic N) is 4. The smallest absolute Gasteiger partial charge is 0.345 e. The van der Waals surface area contributed by atoms with Gasteiger partial charge in [-0.25, -0.2) is 12.7 Å². The predicted octanol–water partition coefficient (Wildman–Crippen LogP) is 5.52. The van der Waals surface area contributed by atoms with Crippen molar-refractivity contribution in [3.63, 3.8) is 0 Å². The van der Waals surface area contributed by atoms with E-state index in [1.54, 1.807) is 0 Å². The number of amides is 1. The van der Waals surface area contributed by atoms with Crippen molar-refractivity contribution < 1.29 is 26.4 Å². The van der Waals surface area contributed by atoms with Gasteiger partial charge in [0.05, 0.1) is 22.7 Å². The quantitative estimate of drug-likeness (QED) is 0.239. The van der Waals surface area contributed by atoms with Crippen LogP contribution in [-0.4, -0.2) is 47.5 Å². The van der Waals surface area contributed by atoms with Gasteiger partial charge in [-0.1, -0.05) is 45.9 Å². The van der Waals surface area contributed by atoms with E-state index in [9.17, 15) is 26.4 Å². The fourth-order valence-electron chi connectivity index (χ4n) is 3.57. The van der Waals surface area contributed by atoms with E-state index in [-0.39, 0.29) is 28.5 Å². The van der Waals surface area contributed by atoms with E-state index in [4.69, 9.17) is 0 Å². The van der Waals surface area contributed by atoms with Gasteiger partial charge in [-0.3, -0.25) is 9.36 Å². The molecule has 0 bridgehead atoms. The molecule has 0 atom stereocenters. The first-order chi connectivity index (χ1) is 18.9. The minimum absolute atomic E-state index is 0.0331. The molecule has 0 aliphatic heterocycles. The van der Waals surface area contributed by atoms with Gasteiger partial charge in [-0.05, 0) is 60.2 Å². The molecule has 1 aromatic heterocycles. The van der Waals surface area contributed by atoms with Crippen molar-refractivity contribution >= 4 is 43.6 Å². The number of hydrogen-bond acceptors (Lipinski definition) is 6. The average molecular weight is 655 g/mol. The number of carbonyl (C=O) groups is 1. The highest BCUT2D eigenvalue weighted by molar-refractivity contribution is 9.10. The van der Waals surface area contributed by atoms with E-state index < -0.39 is 27.7 Å². The lowest BCUT2D eigenvalue weighted by Gasteiger charge is -2.14. The second-order valence-electron chi connectivity index (χ2n) is 8.69. The molecule has 0 fully saturated rings. The van der Waals surface area contributed by atoms with Gasteiger partial charge < -0.3 is 5.32 Å². The summed E-state index contributed by atoms with van der Waals surface area (Å²) in [6, 6.07) is 17.8. The molecule has 14 heteroatoms. The monoisotopic (exact) mass is 653 g/mol. The number of sulfonamides is 1. The first-order valence-corrected chi connectivity index (χ1v) is 14.9. The second kappa shape index (κ2) is 12.1. The third-order valence-electron chi connectivity index (χ3n) is 5.72. The molecule has 3 aromatic carbocycles. The summed E-state index contributed by atoms with van der Waals surface area (Å²) in [6.45, 7) is -0.140. The Morgan fingerprint density at radius 2 is 1.70 bits per heavy atom. The van der Waals surface area contributed by atoms with Crippen molar-refractivity contribution in [2.75, 3.05) is 14.1 Å². The molecule has 4 rings (SSSR count). The minimum Gasteiger partial charge on any atom is -0.345 e. The van der Waals surface area contributed by atoms with Crippen LogP contribution in [0.1, 0.15) is 27.3 Å². The first kappa shape index (κ1) is 29.8. The maximum atomic E-state index is 13.5. The molecule has 0 saturated heterocycles. The summed E-state index contributed by atoms with van der Waals surface area (Å²) in [5.41, 5.74) is 0.542. The Balaban J connectivity index is 1.59. The number of carbonyl (C=O) groups excluding carboxylic acids is 1. The Morgan fingerprint density at radius 3 is 2.33 bits per heavy atom. The standard InChI is InChI=1S/C26H23BrF3N5O3S2/c1-34(2)40(37,38)22-12-8-18(9-13-22)24(36)31-15-23-32-33-25(39-16-17-6-10-20(27)11-7-17)35(23)21-5-3-4-19(14-21)26(28,29)30/h3-14H,15-16H2,1-2H3,(H,31,36). The highest BCUT2D eigenvalue weighted by Crippen LogP contribution is 2.32. The van der Waals surface area contributed by atoms with Gasteiger partial charge in [0.2, 0.25) is 10.0 Å². The molecule has 1 N–H and O–H groups in total. The van der Waals surface area contributed by atoms with Gasteiger partial charge in [-0.15, -0.1) is 10.2 Å². The molecule has 0 saturated carbocycles. The van der Waals surface area contributed by atoms with E-state index in [1.807, 2.05) is 24.3 Å². The number of thioether (sulfide) groups is 1. The molecule has 40 heavy (non-hydrogen) atoms. The Morgan fingerprint density at radius 1 is 1.02 bits per heavy atom. The minimum atomic E-state index is -4.55. The molecule has 0 unspecified atom stereocenters. The van der Waals surface area contributed by atoms with Gasteiger partial charge in [0.25, 0.3) is 5.91 Å². The Hall–Kier alpha value is -3.20. The third kappa shape index (κ3) is 6.92. The van der Waals surface area contributed by atoms with Gasteiger partial charge in [0.15, 0.2) is 11.0 Å². The summed E-state index contributed by atoms with van der Waals surface area (Å²) in [5, 5.41) is 11.4. The topological polar surface area (TPSA) is 97.2 Å². The highest BCUT2D eigenvalue weighted by atomic mass is 79.9. The maximum Gasteiger partial charge on any atom is 0.416 e. The Bertz CT molecular complexity index is 1610. The van der Waals surface area contributed by atoms with Gasteiger partial charge in [-0.2, -0.15) is 13.2 Å². The number of halogens is 4. The normalized spacial score (nSPS) is 12.1. The molecule has 0 spiro atoms. The molecule has 210 valence electrons. The first-order valence-electron chi connectivity index (χ1n) is 11.7. The fourth-order valence-corrected chi connectivity index (χ4v) is 5.66. The molecule has 1 heterocycles. The van der Waals surface area contributed by atoms with Crippen LogP contribution in [0.4, 0.5) is 13.2 Å². The lowest BCUT2D eigenvalue weighted by Crippen LogP contribution is -2.25. The van der Waals surface area contributed by atoms with Crippen molar-refractivity contribution in [1.29, 1.82) is 0 Å². The number of benzene rings is 3. The Kier molecular flexibility index (Phi) is 9.02. The van der Waals surface area contributed by atoms with E-state index in [0.717, 1.165) is 26.5 Å². The Labute approximate surface area is 241 Å². The average Bonchev–Trinajstić information content (AvgIpc) is 3.33. The van der Waals surface area contributed by atoms with Gasteiger partial charge in [0, 0.05) is 29.9 Å². The lowest BCUT2D eigenvalue weighted by molar-refractivity contribution is -0.137. The molecule has 0 radical (unpaired) electrons. The number of alkyl halides is 3. The second-order valence-corrected chi connectivity index (χ2v) is 12.7. The van der Waals surface area contributed by atoms with Crippen LogP contribution >= 0.6 is 27.7 Å². The van der Waals surface area contributed by atoms with Crippen LogP contribution < -0.4 is 5.32 Å². The predicted molar refractivity (Wildman–Crippen MR) is 149 cm³/mol. The van der Waals surface area contributed by atoms with Crippen LogP contribution in [0.15, 0.2) is 87.3 Å². The van der Waals surface area contributed by atoms with Crippen molar-refractivity contribution in [2.45, 2.75) is 28.5 Å². The third-order valence-corrected chi connectivity index (χ3v) is 9.07. The zero-order valence-corrected chi connectivity index (χ0v) is 24.4. The van der Waals surface area contributed by atoms with E-state index in [0.29, 0.717) is 10.9 Å². The maximum absolute atomic E-state index is 13.5. The number of hydrogen-bond donors (Lipinski definition) is 1. The SMILES string of the molecule is CN(C)S(=O)(=O)c1ccc(C(=O)NCc2nnc(SCc3ccc(Br)cc3)n2-c2cccc(C(F)(F)F)c2)cc1. The zero-order chi connectivity index (χ0) is 29.1. The van der Waals surface area contributed by atoms with Crippen molar-refractivity contribution in [1.82, 2.24) is 24.4 Å². The molecule has 8 nitrogen and oxygen atoms in total. The number of rotatable bonds is 9. The van der Waals surface area contributed by atoms with Gasteiger partial charge >= 0.3 is 6.18 Å². The van der Waals surface area contributed by atoms with Crippen LogP contribution in [0.3, 0.4) is 0 Å². The number of nitrogens with one attached hydrogen (secondary N) is 1. The van der Waals surface area contributed by atoms with Crippen molar-refractivity contribution in [3.05, 3.63) is 99.8 Å². The molecular formula is C26H23BrF3N5O3S2. The van der Waals surface area contributed by atoms with E-state index in [2.05, 4.69) is 31.4 Å². The largest absolute Gasteiger partial charge is 0.416 e.